The molecule has 6 aliphatic heterocycles. The summed E-state index contributed by atoms with van der Waals surface area (Å²) >= 11 is 0. The maximum atomic E-state index is 12.5. The van der Waals surface area contributed by atoms with Crippen molar-refractivity contribution < 1.29 is 55.3 Å². The number of esters is 2. The van der Waals surface area contributed by atoms with Gasteiger partial charge in [-0.25, -0.2) is 18.7 Å². The summed E-state index contributed by atoms with van der Waals surface area (Å²) in [5.74, 6) is -1.31. The summed E-state index contributed by atoms with van der Waals surface area (Å²) in [6.07, 6.45) is 0. The number of hydrogen-bond donors (Lipinski definition) is 0. The topological polar surface area (TPSA) is 142 Å². The van der Waals surface area contributed by atoms with Crippen LogP contribution in [0.3, 0.4) is 0 Å². The van der Waals surface area contributed by atoms with Crippen molar-refractivity contribution in [1.29, 1.82) is 0 Å². The van der Waals surface area contributed by atoms with Gasteiger partial charge in [-0.1, -0.05) is 6.07 Å². The lowest BCUT2D eigenvalue weighted by Gasteiger charge is -2.43. The van der Waals surface area contributed by atoms with E-state index in [1.807, 2.05) is 0 Å². The van der Waals surface area contributed by atoms with E-state index >= 15 is 0 Å². The van der Waals surface area contributed by atoms with Crippen molar-refractivity contribution in [2.24, 2.45) is 10.8 Å². The Bertz CT molecular complexity index is 899. The van der Waals surface area contributed by atoms with E-state index in [0.717, 1.165) is 0 Å². The van der Waals surface area contributed by atoms with Crippen LogP contribution in [-0.2, 0) is 45.7 Å². The highest BCUT2D eigenvalue weighted by molar-refractivity contribution is 7.48. The number of phosphoric acid groups is 2. The van der Waals surface area contributed by atoms with E-state index in [4.69, 9.17) is 36.6 Å². The first-order valence-corrected chi connectivity index (χ1v) is 12.7. The van der Waals surface area contributed by atoms with Crippen LogP contribution in [0.5, 0.6) is 0 Å². The molecule has 1 aromatic rings. The Kier molecular flexibility index (Phi) is 5.55. The summed E-state index contributed by atoms with van der Waals surface area (Å²) in [6, 6.07) is 5.90. The largest absolute Gasteiger partial charge is 0.474 e. The summed E-state index contributed by atoms with van der Waals surface area (Å²) in [4.78, 5) is 25.0. The van der Waals surface area contributed by atoms with Crippen LogP contribution in [0.2, 0.25) is 0 Å². The number of ether oxygens (including phenoxy) is 2. The number of benzene rings is 1. The van der Waals surface area contributed by atoms with Gasteiger partial charge in [0.15, 0.2) is 0 Å². The molecule has 0 aromatic heterocycles. The van der Waals surface area contributed by atoms with Crippen LogP contribution < -0.4 is 0 Å². The molecule has 1 aromatic carbocycles. The smallest absolute Gasteiger partial charge is 0.461 e. The number of fused-ring (bicyclic) bond motifs is 6. The van der Waals surface area contributed by atoms with E-state index < -0.39 is 38.4 Å². The van der Waals surface area contributed by atoms with E-state index in [-0.39, 0.29) is 64.0 Å². The second kappa shape index (κ2) is 8.00. The zero-order valence-electron chi connectivity index (χ0n) is 16.8. The molecule has 0 spiro atoms. The summed E-state index contributed by atoms with van der Waals surface area (Å²) in [5, 5.41) is 0. The summed E-state index contributed by atoms with van der Waals surface area (Å²) in [7, 11) is -6.90. The normalized spacial score (nSPS) is 37.8. The van der Waals surface area contributed by atoms with Crippen LogP contribution in [0.1, 0.15) is 20.7 Å². The van der Waals surface area contributed by atoms with Gasteiger partial charge >= 0.3 is 27.6 Å². The molecule has 0 saturated carbocycles. The third-order valence-electron chi connectivity index (χ3n) is 5.53. The summed E-state index contributed by atoms with van der Waals surface area (Å²) < 4.78 is 64.8. The van der Waals surface area contributed by atoms with E-state index in [1.54, 1.807) is 0 Å². The van der Waals surface area contributed by atoms with Crippen LogP contribution in [0.4, 0.5) is 0 Å². The first-order chi connectivity index (χ1) is 15.2. The molecule has 6 aliphatic rings. The van der Waals surface area contributed by atoms with Gasteiger partial charge in [-0.2, -0.15) is 0 Å². The van der Waals surface area contributed by atoms with Crippen molar-refractivity contribution >= 4 is 27.6 Å². The van der Waals surface area contributed by atoms with Crippen molar-refractivity contribution in [3.63, 3.8) is 0 Å². The van der Waals surface area contributed by atoms with Crippen LogP contribution in [0.25, 0.3) is 0 Å². The van der Waals surface area contributed by atoms with E-state index in [1.165, 1.54) is 24.3 Å². The van der Waals surface area contributed by atoms with Gasteiger partial charge in [0.05, 0.1) is 61.6 Å². The first-order valence-electron chi connectivity index (χ1n) is 9.74. The fourth-order valence-corrected chi connectivity index (χ4v) is 6.44. The van der Waals surface area contributed by atoms with Gasteiger partial charge in [0.25, 0.3) is 0 Å². The highest BCUT2D eigenvalue weighted by atomic mass is 31.2. The highest BCUT2D eigenvalue weighted by Gasteiger charge is 2.52. The minimum Gasteiger partial charge on any atom is -0.461 e. The zero-order valence-corrected chi connectivity index (χ0v) is 18.5. The van der Waals surface area contributed by atoms with Crippen molar-refractivity contribution in [2.45, 2.75) is 0 Å². The second-order valence-electron chi connectivity index (χ2n) is 8.27. The predicted octanol–water partition coefficient (Wildman–Crippen LogP) is 2.34. The molecule has 14 heteroatoms. The van der Waals surface area contributed by atoms with Crippen molar-refractivity contribution in [1.82, 2.24) is 0 Å². The number of phosphoric ester groups is 2. The monoisotopic (exact) mass is 490 g/mol. The third-order valence-corrected chi connectivity index (χ3v) is 8.20. The molecule has 12 nitrogen and oxygen atoms in total. The van der Waals surface area contributed by atoms with Gasteiger partial charge in [0.1, 0.15) is 13.2 Å². The first kappa shape index (κ1) is 22.2. The number of rotatable bonds is 6. The molecule has 4 bridgehead atoms. The minimum absolute atomic E-state index is 0.0626. The molecule has 6 saturated heterocycles. The lowest BCUT2D eigenvalue weighted by molar-refractivity contribution is -0.117. The Morgan fingerprint density at radius 2 is 1.06 bits per heavy atom. The molecule has 32 heavy (non-hydrogen) atoms. The van der Waals surface area contributed by atoms with Gasteiger partial charge in [-0.3, -0.25) is 27.1 Å². The van der Waals surface area contributed by atoms with Crippen molar-refractivity contribution in [3.8, 4) is 0 Å². The molecule has 6 heterocycles. The fourth-order valence-electron chi connectivity index (χ4n) is 3.40. The zero-order chi connectivity index (χ0) is 22.5. The molecule has 0 aliphatic carbocycles. The SMILES string of the molecule is O=C(OCC12COP(=O)(OC1)OC2)c1cccc(C(=O)OCC23COP(=O)(OC2)OC3)c1. The molecule has 0 N–H and O–H groups in total. The highest BCUT2D eigenvalue weighted by Crippen LogP contribution is 2.60. The van der Waals surface area contributed by atoms with Crippen molar-refractivity contribution in [3.05, 3.63) is 35.4 Å². The van der Waals surface area contributed by atoms with Crippen molar-refractivity contribution in [2.75, 3.05) is 52.9 Å². The van der Waals surface area contributed by atoms with E-state index in [9.17, 15) is 18.7 Å². The third kappa shape index (κ3) is 4.30. The Labute approximate surface area is 182 Å². The Balaban J connectivity index is 1.17. The maximum absolute atomic E-state index is 12.5. The van der Waals surface area contributed by atoms with Crippen LogP contribution in [0.15, 0.2) is 24.3 Å². The molecule has 0 radical (unpaired) electrons. The number of carbonyl (C=O) groups excluding carboxylic acids is 2. The standard InChI is InChI=1S/C18H20O12P2/c19-15(23-5-17-7-25-31(21,26-8-17)27-9-17)13-2-1-3-14(4-13)16(20)24-6-18-10-28-32(22,29-11-18)30-12-18/h1-4H,5-12H2. The average Bonchev–Trinajstić information content (AvgIpc) is 2.83. The quantitative estimate of drug-likeness (QED) is 0.427. The van der Waals surface area contributed by atoms with E-state index in [0.29, 0.717) is 0 Å². The van der Waals surface area contributed by atoms with Crippen LogP contribution in [-0.4, -0.2) is 64.8 Å². The molecular weight excluding hydrogens is 470 g/mol. The molecule has 0 unspecified atom stereocenters. The van der Waals surface area contributed by atoms with Gasteiger partial charge in [-0.15, -0.1) is 0 Å². The molecule has 174 valence electrons. The maximum Gasteiger partial charge on any atom is 0.474 e. The fraction of sp³-hybridized carbons (Fsp3) is 0.556. The molecular formula is C18H20O12P2. The van der Waals surface area contributed by atoms with Gasteiger partial charge < -0.3 is 9.47 Å². The summed E-state index contributed by atoms with van der Waals surface area (Å²) in [6.45, 7) is 0.448. The van der Waals surface area contributed by atoms with Crippen LogP contribution in [0, 0.1) is 10.8 Å². The molecule has 0 amide bonds. The van der Waals surface area contributed by atoms with Gasteiger partial charge in [0.2, 0.25) is 0 Å². The van der Waals surface area contributed by atoms with Crippen LogP contribution >= 0.6 is 15.6 Å². The Hall–Kier alpha value is -1.62. The minimum atomic E-state index is -3.45. The average molecular weight is 490 g/mol. The molecule has 7 rings (SSSR count). The van der Waals surface area contributed by atoms with Gasteiger partial charge in [-0.05, 0) is 18.2 Å². The predicted molar refractivity (Wildman–Crippen MR) is 103 cm³/mol. The lowest BCUT2D eigenvalue weighted by Crippen LogP contribution is -2.48. The van der Waals surface area contributed by atoms with Gasteiger partial charge in [0, 0.05) is 0 Å². The number of carbonyl (C=O) groups is 2. The second-order valence-corrected chi connectivity index (χ2v) is 11.6. The van der Waals surface area contributed by atoms with E-state index in [2.05, 4.69) is 0 Å². The molecule has 0 atom stereocenters. The Morgan fingerprint density at radius 3 is 1.41 bits per heavy atom. The lowest BCUT2D eigenvalue weighted by atomic mass is 9.92. The Morgan fingerprint density at radius 1 is 0.719 bits per heavy atom. The number of hydrogen-bond acceptors (Lipinski definition) is 12. The molecule has 6 fully saturated rings. The summed E-state index contributed by atoms with van der Waals surface area (Å²) in [5.41, 5.74) is -1.15.